The van der Waals surface area contributed by atoms with Gasteiger partial charge in [-0.3, -0.25) is 4.79 Å². The van der Waals surface area contributed by atoms with Crippen molar-refractivity contribution >= 4 is 5.91 Å². The highest BCUT2D eigenvalue weighted by Crippen LogP contribution is 2.21. The molecule has 112 valence electrons. The van der Waals surface area contributed by atoms with Gasteiger partial charge in [-0.2, -0.15) is 0 Å². The molecule has 1 N–H and O–H groups in total. The molecule has 0 saturated carbocycles. The van der Waals surface area contributed by atoms with Crippen LogP contribution in [0.2, 0.25) is 0 Å². The summed E-state index contributed by atoms with van der Waals surface area (Å²) < 4.78 is 5.12. The zero-order chi connectivity index (χ0) is 14.5. The molecule has 1 aromatic heterocycles. The average Bonchev–Trinajstić information content (AvgIpc) is 2.76. The number of likely N-dealkylation sites (tertiary alicyclic amines) is 1. The average molecular weight is 280 g/mol. The summed E-state index contributed by atoms with van der Waals surface area (Å²) >= 11 is 0. The Bertz CT molecular complexity index is 434. The Morgan fingerprint density at radius 1 is 1.50 bits per heavy atom. The van der Waals surface area contributed by atoms with Crippen LogP contribution in [0.25, 0.3) is 0 Å². The second-order valence-corrected chi connectivity index (χ2v) is 5.66. The smallest absolute Gasteiger partial charge is 0.222 e. The van der Waals surface area contributed by atoms with Crippen LogP contribution in [-0.2, 0) is 11.2 Å². The topological polar surface area (TPSA) is 66.6 Å². The lowest BCUT2D eigenvalue weighted by molar-refractivity contribution is -0.133. The number of aromatic nitrogens is 1. The first-order valence-electron chi connectivity index (χ1n) is 7.42. The van der Waals surface area contributed by atoms with Gasteiger partial charge in [-0.05, 0) is 45.4 Å². The zero-order valence-corrected chi connectivity index (χ0v) is 12.4. The summed E-state index contributed by atoms with van der Waals surface area (Å²) in [4.78, 5) is 14.2. The molecule has 5 heteroatoms. The van der Waals surface area contributed by atoms with Gasteiger partial charge >= 0.3 is 0 Å². The van der Waals surface area contributed by atoms with Crippen molar-refractivity contribution in [3.63, 3.8) is 0 Å². The van der Waals surface area contributed by atoms with Crippen LogP contribution >= 0.6 is 0 Å². The summed E-state index contributed by atoms with van der Waals surface area (Å²) in [6, 6.07) is 0. The van der Waals surface area contributed by atoms with Crippen molar-refractivity contribution < 1.29 is 14.4 Å². The predicted octanol–water partition coefficient (Wildman–Crippen LogP) is 1.85. The third kappa shape index (κ3) is 3.60. The molecule has 0 aliphatic carbocycles. The second-order valence-electron chi connectivity index (χ2n) is 5.66. The fourth-order valence-corrected chi connectivity index (χ4v) is 2.96. The third-order valence-corrected chi connectivity index (χ3v) is 4.18. The van der Waals surface area contributed by atoms with E-state index in [1.807, 2.05) is 18.7 Å². The number of hydrogen-bond acceptors (Lipinski definition) is 4. The summed E-state index contributed by atoms with van der Waals surface area (Å²) in [5.41, 5.74) is 1.94. The van der Waals surface area contributed by atoms with Crippen molar-refractivity contribution in [2.24, 2.45) is 5.92 Å². The number of carbonyl (C=O) groups is 1. The van der Waals surface area contributed by atoms with E-state index in [4.69, 9.17) is 9.63 Å². The van der Waals surface area contributed by atoms with Gasteiger partial charge in [0.25, 0.3) is 0 Å². The van der Waals surface area contributed by atoms with Crippen molar-refractivity contribution in [1.29, 1.82) is 0 Å². The minimum atomic E-state index is 0.202. The van der Waals surface area contributed by atoms with Crippen LogP contribution in [0.3, 0.4) is 0 Å². The maximum atomic E-state index is 12.3. The highest BCUT2D eigenvalue weighted by Gasteiger charge is 2.23. The SMILES string of the molecule is Cc1noc(C)c1CCC(=O)N1CCCC(CCO)C1. The van der Waals surface area contributed by atoms with Crippen LogP contribution < -0.4 is 0 Å². The molecule has 2 rings (SSSR count). The quantitative estimate of drug-likeness (QED) is 0.893. The minimum Gasteiger partial charge on any atom is -0.396 e. The first-order valence-corrected chi connectivity index (χ1v) is 7.42. The fourth-order valence-electron chi connectivity index (χ4n) is 2.96. The maximum Gasteiger partial charge on any atom is 0.222 e. The molecule has 5 nitrogen and oxygen atoms in total. The fraction of sp³-hybridized carbons (Fsp3) is 0.733. The van der Waals surface area contributed by atoms with Gasteiger partial charge in [0.2, 0.25) is 5.91 Å². The molecule has 1 aliphatic heterocycles. The highest BCUT2D eigenvalue weighted by atomic mass is 16.5. The van der Waals surface area contributed by atoms with Crippen LogP contribution in [0.4, 0.5) is 0 Å². The van der Waals surface area contributed by atoms with E-state index in [1.54, 1.807) is 0 Å². The lowest BCUT2D eigenvalue weighted by Gasteiger charge is -2.32. The molecule has 1 unspecified atom stereocenters. The third-order valence-electron chi connectivity index (χ3n) is 4.18. The van der Waals surface area contributed by atoms with Gasteiger partial charge in [0.05, 0.1) is 5.69 Å². The number of aliphatic hydroxyl groups excluding tert-OH is 1. The summed E-state index contributed by atoms with van der Waals surface area (Å²) in [6.45, 7) is 5.65. The molecule has 1 fully saturated rings. The zero-order valence-electron chi connectivity index (χ0n) is 12.4. The van der Waals surface area contributed by atoms with Crippen molar-refractivity contribution in [3.8, 4) is 0 Å². The van der Waals surface area contributed by atoms with E-state index in [2.05, 4.69) is 5.16 Å². The molecule has 1 amide bonds. The Kier molecular flexibility index (Phi) is 5.17. The number of aliphatic hydroxyl groups is 1. The molecule has 1 saturated heterocycles. The number of aryl methyl sites for hydroxylation is 2. The lowest BCUT2D eigenvalue weighted by atomic mass is 9.94. The summed E-state index contributed by atoms with van der Waals surface area (Å²) in [5, 5.41) is 12.9. The Morgan fingerprint density at radius 2 is 2.30 bits per heavy atom. The number of hydrogen-bond donors (Lipinski definition) is 1. The maximum absolute atomic E-state index is 12.3. The largest absolute Gasteiger partial charge is 0.396 e. The van der Waals surface area contributed by atoms with Crippen LogP contribution in [0.5, 0.6) is 0 Å². The summed E-state index contributed by atoms with van der Waals surface area (Å²) in [7, 11) is 0. The van der Waals surface area contributed by atoms with E-state index in [0.29, 0.717) is 18.8 Å². The van der Waals surface area contributed by atoms with E-state index in [1.165, 1.54) is 0 Å². The summed E-state index contributed by atoms with van der Waals surface area (Å²) in [5.74, 6) is 1.47. The van der Waals surface area contributed by atoms with Crippen LogP contribution in [-0.4, -0.2) is 40.8 Å². The molecule has 0 radical (unpaired) electrons. The highest BCUT2D eigenvalue weighted by molar-refractivity contribution is 5.76. The van der Waals surface area contributed by atoms with Gasteiger partial charge in [0.15, 0.2) is 0 Å². The van der Waals surface area contributed by atoms with Crippen molar-refractivity contribution in [2.75, 3.05) is 19.7 Å². The van der Waals surface area contributed by atoms with Gasteiger partial charge in [-0.25, -0.2) is 0 Å². The minimum absolute atomic E-state index is 0.202. The molecule has 1 aliphatic rings. The van der Waals surface area contributed by atoms with Crippen molar-refractivity contribution in [3.05, 3.63) is 17.0 Å². The van der Waals surface area contributed by atoms with Crippen LogP contribution in [0.15, 0.2) is 4.52 Å². The van der Waals surface area contributed by atoms with E-state index < -0.39 is 0 Å². The van der Waals surface area contributed by atoms with E-state index in [0.717, 1.165) is 49.4 Å². The predicted molar refractivity (Wildman–Crippen MR) is 75.3 cm³/mol. The van der Waals surface area contributed by atoms with Gasteiger partial charge in [-0.1, -0.05) is 5.16 Å². The molecule has 1 aromatic rings. The first kappa shape index (κ1) is 15.0. The molecule has 0 spiro atoms. The first-order chi connectivity index (χ1) is 9.61. The van der Waals surface area contributed by atoms with Crippen LogP contribution in [0.1, 0.15) is 42.7 Å². The molecule has 20 heavy (non-hydrogen) atoms. The monoisotopic (exact) mass is 280 g/mol. The van der Waals surface area contributed by atoms with Crippen molar-refractivity contribution in [1.82, 2.24) is 10.1 Å². The number of carbonyl (C=O) groups excluding carboxylic acids is 1. The standard InChI is InChI=1S/C15H24N2O3/c1-11-14(12(2)20-16-11)5-6-15(19)17-8-3-4-13(10-17)7-9-18/h13,18H,3-10H2,1-2H3. The van der Waals surface area contributed by atoms with Crippen molar-refractivity contribution in [2.45, 2.75) is 46.0 Å². The van der Waals surface area contributed by atoms with Crippen LogP contribution in [0, 0.1) is 19.8 Å². The molecule has 1 atom stereocenters. The summed E-state index contributed by atoms with van der Waals surface area (Å²) in [6.07, 6.45) is 4.17. The van der Waals surface area contributed by atoms with Gasteiger partial charge in [0.1, 0.15) is 5.76 Å². The number of piperidine rings is 1. The molecular weight excluding hydrogens is 256 g/mol. The molecule has 0 aromatic carbocycles. The molecule has 2 heterocycles. The number of amides is 1. The van der Waals surface area contributed by atoms with Gasteiger partial charge < -0.3 is 14.5 Å². The molecule has 0 bridgehead atoms. The van der Waals surface area contributed by atoms with E-state index in [9.17, 15) is 4.79 Å². The number of rotatable bonds is 5. The Balaban J connectivity index is 1.85. The Labute approximate surface area is 119 Å². The Morgan fingerprint density at radius 3 is 2.95 bits per heavy atom. The second kappa shape index (κ2) is 6.88. The molecular formula is C15H24N2O3. The Hall–Kier alpha value is -1.36. The van der Waals surface area contributed by atoms with E-state index in [-0.39, 0.29) is 12.5 Å². The normalized spacial score (nSPS) is 19.4. The van der Waals surface area contributed by atoms with Gasteiger partial charge in [-0.15, -0.1) is 0 Å². The lowest BCUT2D eigenvalue weighted by Crippen LogP contribution is -2.40. The van der Waals surface area contributed by atoms with Gasteiger partial charge in [0, 0.05) is 31.7 Å². The van der Waals surface area contributed by atoms with E-state index >= 15 is 0 Å². The number of nitrogens with zero attached hydrogens (tertiary/aromatic N) is 2.